The van der Waals surface area contributed by atoms with Crippen molar-refractivity contribution in [1.82, 2.24) is 9.55 Å². The first kappa shape index (κ1) is 48.8. The summed E-state index contributed by atoms with van der Waals surface area (Å²) in [5.74, 6) is 0. The van der Waals surface area contributed by atoms with Gasteiger partial charge in [0.25, 0.3) is 0 Å². The van der Waals surface area contributed by atoms with Crippen molar-refractivity contribution in [2.75, 3.05) is 10.7 Å². The maximum atomic E-state index is 7.50. The van der Waals surface area contributed by atoms with E-state index in [0.29, 0.717) is 0 Å². The Bertz CT molecular complexity index is 1060. The first-order valence-electron chi connectivity index (χ1n) is 11.1. The Hall–Kier alpha value is -1.94. The zero-order valence-electron chi connectivity index (χ0n) is 24.0. The second-order valence-corrected chi connectivity index (χ2v) is 8.92. The van der Waals surface area contributed by atoms with Crippen LogP contribution in [-0.2, 0) is 42.1 Å². The van der Waals surface area contributed by atoms with Crippen LogP contribution in [0.5, 0.6) is 0 Å². The minimum absolute atomic E-state index is 0. The molecular formula is C29H34Cl4MoN4O3. The first-order chi connectivity index (χ1) is 19.1. The molecule has 0 amide bonds. The topological polar surface area (TPSA) is 102 Å². The van der Waals surface area contributed by atoms with E-state index in [-0.39, 0.29) is 31.7 Å². The van der Waals surface area contributed by atoms with Gasteiger partial charge in [0.2, 0.25) is 0 Å². The van der Waals surface area contributed by atoms with Crippen LogP contribution in [0.15, 0.2) is 65.1 Å². The Morgan fingerprint density at radius 3 is 1.15 bits per heavy atom. The molecule has 1 heterocycles. The number of halogens is 4. The Balaban J connectivity index is -0.000000188. The predicted molar refractivity (Wildman–Crippen MR) is 166 cm³/mol. The molecule has 0 unspecified atom stereocenters. The fourth-order valence-electron chi connectivity index (χ4n) is 2.79. The van der Waals surface area contributed by atoms with E-state index < -0.39 is 0 Å². The number of aromatic nitrogens is 2. The van der Waals surface area contributed by atoms with Crippen molar-refractivity contribution < 1.29 is 35.0 Å². The molecule has 1 aromatic heterocycles. The van der Waals surface area contributed by atoms with Crippen molar-refractivity contribution in [3.63, 3.8) is 0 Å². The van der Waals surface area contributed by atoms with Gasteiger partial charge in [-0.05, 0) is 63.8 Å². The fraction of sp³-hybridized carbons (Fsp3) is 0.310. The van der Waals surface area contributed by atoms with Crippen molar-refractivity contribution in [1.29, 1.82) is 0 Å². The molecule has 0 fully saturated rings. The molecule has 0 aliphatic carbocycles. The van der Waals surface area contributed by atoms with Crippen molar-refractivity contribution >= 4 is 69.2 Å². The largest absolute Gasteiger partial charge is 0 e. The molecule has 0 atom stereocenters. The molecule has 0 N–H and O–H groups in total. The van der Waals surface area contributed by atoms with Gasteiger partial charge < -0.3 is 4.57 Å². The quantitative estimate of drug-likeness (QED) is 0.0870. The second kappa shape index (κ2) is 34.3. The molecule has 3 aromatic rings. The zero-order valence-corrected chi connectivity index (χ0v) is 29.1. The standard InChI is InChI=1S/C20H24N2.C4H6N2.2CH2Cl2.3CO.Mo/c1-13-9-7-10-14(2)19(13)21-17(5)18(6)22-20-15(3)11-8-12-16(20)4;1-6-3-2-5-4-6;2*2-1-3;3*1-2;/h7-12H,1-6H3;2-4H,1H3;2*1H2;;;;. The van der Waals surface area contributed by atoms with Gasteiger partial charge in [0.05, 0.1) is 39.8 Å². The molecule has 0 saturated carbocycles. The molecule has 0 spiro atoms. The van der Waals surface area contributed by atoms with Gasteiger partial charge in [-0.3, -0.25) is 9.98 Å². The summed E-state index contributed by atoms with van der Waals surface area (Å²) in [6.45, 7) is 25.9. The molecule has 0 aliphatic rings. The monoisotopic (exact) mass is 724 g/mol. The summed E-state index contributed by atoms with van der Waals surface area (Å²) >= 11 is 19.1. The van der Waals surface area contributed by atoms with Crippen LogP contribution >= 0.6 is 46.4 Å². The summed E-state index contributed by atoms with van der Waals surface area (Å²) in [7, 11) is 1.94. The minimum atomic E-state index is 0. The van der Waals surface area contributed by atoms with Gasteiger partial charge in [-0.25, -0.2) is 4.98 Å². The summed E-state index contributed by atoms with van der Waals surface area (Å²) in [5.41, 5.74) is 8.80. The summed E-state index contributed by atoms with van der Waals surface area (Å²) in [6.07, 6.45) is 5.39. The second-order valence-electron chi connectivity index (χ2n) is 7.31. The number of hydrogen-bond acceptors (Lipinski definition) is 3. The van der Waals surface area contributed by atoms with Gasteiger partial charge in [-0.15, -0.1) is 46.4 Å². The van der Waals surface area contributed by atoms with Crippen LogP contribution in [0.2, 0.25) is 0 Å². The molecular weight excluding hydrogens is 690 g/mol. The number of para-hydroxylation sites is 2. The van der Waals surface area contributed by atoms with Crippen LogP contribution in [0, 0.1) is 47.6 Å². The van der Waals surface area contributed by atoms with E-state index in [9.17, 15) is 0 Å². The van der Waals surface area contributed by atoms with Crippen LogP contribution in [0.1, 0.15) is 36.1 Å². The maximum absolute atomic E-state index is 7.50. The van der Waals surface area contributed by atoms with Crippen molar-refractivity contribution in [2.45, 2.75) is 41.5 Å². The third-order valence-electron chi connectivity index (χ3n) is 4.60. The number of aliphatic imine (C=N–C) groups is 2. The molecule has 222 valence electrons. The summed E-state index contributed by atoms with van der Waals surface area (Å²) < 4.78 is 24.4. The van der Waals surface area contributed by atoms with Crippen molar-refractivity contribution in [2.24, 2.45) is 17.0 Å². The Morgan fingerprint density at radius 2 is 0.976 bits per heavy atom. The average molecular weight is 724 g/mol. The number of nitrogens with zero attached hydrogens (tertiary/aromatic N) is 4. The number of imidazole rings is 1. The maximum Gasteiger partial charge on any atom is 0 e. The predicted octanol–water partition coefficient (Wildman–Crippen LogP) is 8.95. The van der Waals surface area contributed by atoms with E-state index in [2.05, 4.69) is 89.0 Å². The number of rotatable bonds is 3. The molecule has 0 saturated heterocycles. The van der Waals surface area contributed by atoms with Crippen LogP contribution < -0.4 is 0 Å². The molecule has 3 rings (SSSR count). The third kappa shape index (κ3) is 24.4. The summed E-state index contributed by atoms with van der Waals surface area (Å²) in [4.78, 5) is 13.4. The first-order valence-corrected chi connectivity index (χ1v) is 13.3. The van der Waals surface area contributed by atoms with Crippen molar-refractivity contribution in [3.8, 4) is 0 Å². The molecule has 7 nitrogen and oxygen atoms in total. The zero-order chi connectivity index (χ0) is 32.1. The molecule has 0 bridgehead atoms. The normalized spacial score (nSPS) is 9.10. The molecule has 2 aromatic carbocycles. The van der Waals surface area contributed by atoms with E-state index in [4.69, 9.17) is 70.3 Å². The number of alkyl halides is 4. The third-order valence-corrected chi connectivity index (χ3v) is 4.60. The Morgan fingerprint density at radius 1 is 0.707 bits per heavy atom. The molecule has 41 heavy (non-hydrogen) atoms. The minimum Gasteiger partial charge on any atom is 0 e. The van der Waals surface area contributed by atoms with Gasteiger partial charge in [0, 0.05) is 40.5 Å². The van der Waals surface area contributed by atoms with E-state index >= 15 is 0 Å². The van der Waals surface area contributed by atoms with Crippen LogP contribution in [0.3, 0.4) is 0 Å². The van der Waals surface area contributed by atoms with Crippen LogP contribution in [-0.4, -0.2) is 31.7 Å². The van der Waals surface area contributed by atoms with Gasteiger partial charge >= 0.3 is 33.9 Å². The summed E-state index contributed by atoms with van der Waals surface area (Å²) in [6, 6.07) is 12.5. The summed E-state index contributed by atoms with van der Waals surface area (Å²) in [5, 5.41) is 0.389. The van der Waals surface area contributed by atoms with Crippen LogP contribution in [0.4, 0.5) is 11.4 Å². The van der Waals surface area contributed by atoms with E-state index in [1.54, 1.807) is 12.5 Å². The van der Waals surface area contributed by atoms with Gasteiger partial charge in [-0.1, -0.05) is 36.4 Å². The van der Waals surface area contributed by atoms with Gasteiger partial charge in [0.1, 0.15) is 0 Å². The molecule has 0 aliphatic heterocycles. The van der Waals surface area contributed by atoms with Gasteiger partial charge in [0.15, 0.2) is 0 Å². The molecule has 0 radical (unpaired) electrons. The average Bonchev–Trinajstić information content (AvgIpc) is 3.44. The number of aryl methyl sites for hydroxylation is 5. The van der Waals surface area contributed by atoms with Gasteiger partial charge in [-0.2, -0.15) is 0 Å². The fourth-order valence-corrected chi connectivity index (χ4v) is 2.79. The molecule has 12 heteroatoms. The SMILES string of the molecule is CC(=Nc1c(C)cccc1C)C(C)=Nc1c(C)cccc1C.ClCCl.ClCCl.Cn1ccnc1.[C-]#[O+].[C-]#[O+].[C-]#[O+].[Mo]. The van der Waals surface area contributed by atoms with Crippen LogP contribution in [0.25, 0.3) is 0 Å². The number of benzene rings is 2. The van der Waals surface area contributed by atoms with Crippen molar-refractivity contribution in [3.05, 3.63) is 97.3 Å². The van der Waals surface area contributed by atoms with E-state index in [1.165, 1.54) is 22.3 Å². The number of hydrogen-bond donors (Lipinski definition) is 0. The Labute approximate surface area is 278 Å². The smallest absolute Gasteiger partial charge is 0 e. The van der Waals surface area contributed by atoms with E-state index in [0.717, 1.165) is 22.8 Å². The Kier molecular flexibility index (Phi) is 40.8. The van der Waals surface area contributed by atoms with E-state index in [1.807, 2.05) is 31.7 Å².